The quantitative estimate of drug-likeness (QED) is 0.752. The molecule has 0 radical (unpaired) electrons. The monoisotopic (exact) mass is 225 g/mol. The first-order chi connectivity index (χ1) is 7.36. The molecular formula is C12H16ClNO. The number of hydrogen-bond acceptors (Lipinski definition) is 2. The van der Waals surface area contributed by atoms with Gasteiger partial charge in [-0.3, -0.25) is 0 Å². The van der Waals surface area contributed by atoms with Crippen molar-refractivity contribution in [1.82, 2.24) is 5.32 Å². The van der Waals surface area contributed by atoms with Crippen molar-refractivity contribution < 1.29 is 4.74 Å². The highest BCUT2D eigenvalue weighted by atomic mass is 35.5. The van der Waals surface area contributed by atoms with E-state index in [4.69, 9.17) is 16.3 Å². The Labute approximate surface area is 95.6 Å². The fraction of sp³-hybridized carbons (Fsp3) is 0.500. The predicted octanol–water partition coefficient (Wildman–Crippen LogP) is 2.86. The van der Waals surface area contributed by atoms with Crippen molar-refractivity contribution in [2.75, 3.05) is 13.2 Å². The minimum atomic E-state index is 0.688. The molecule has 82 valence electrons. The summed E-state index contributed by atoms with van der Waals surface area (Å²) in [5.41, 5.74) is 0. The Morgan fingerprint density at radius 3 is 2.87 bits per heavy atom. The van der Waals surface area contributed by atoms with Gasteiger partial charge in [-0.1, -0.05) is 23.7 Å². The fourth-order valence-electron chi connectivity index (χ4n) is 1.41. The van der Waals surface area contributed by atoms with Crippen LogP contribution in [0.2, 0.25) is 5.02 Å². The number of halogens is 1. The number of ether oxygens (including phenoxy) is 1. The van der Waals surface area contributed by atoms with Gasteiger partial charge in [0.25, 0.3) is 0 Å². The molecule has 3 heteroatoms. The van der Waals surface area contributed by atoms with Crippen LogP contribution in [-0.2, 0) is 0 Å². The standard InChI is InChI=1S/C12H16ClNO/c13-11-4-1-2-5-12(11)15-9-3-8-14-10-6-7-10/h1-2,4-5,10,14H,3,6-9H2. The van der Waals surface area contributed by atoms with Crippen LogP contribution >= 0.6 is 11.6 Å². The molecule has 0 spiro atoms. The lowest BCUT2D eigenvalue weighted by Gasteiger charge is -2.07. The molecule has 2 nitrogen and oxygen atoms in total. The molecule has 1 fully saturated rings. The average Bonchev–Trinajstić information content (AvgIpc) is 3.04. The molecule has 0 bridgehead atoms. The zero-order valence-electron chi connectivity index (χ0n) is 8.71. The third-order valence-electron chi connectivity index (χ3n) is 2.43. The van der Waals surface area contributed by atoms with Crippen LogP contribution in [0.4, 0.5) is 0 Å². The third kappa shape index (κ3) is 3.73. The molecule has 2 rings (SSSR count). The molecule has 0 unspecified atom stereocenters. The highest BCUT2D eigenvalue weighted by Gasteiger charge is 2.19. The summed E-state index contributed by atoms with van der Waals surface area (Å²) >= 11 is 5.96. The van der Waals surface area contributed by atoms with Crippen LogP contribution in [0.5, 0.6) is 5.75 Å². The molecule has 1 aliphatic rings. The van der Waals surface area contributed by atoms with Crippen molar-refractivity contribution in [3.05, 3.63) is 29.3 Å². The molecule has 0 amide bonds. The summed E-state index contributed by atoms with van der Waals surface area (Å²) in [5, 5.41) is 4.13. The lowest BCUT2D eigenvalue weighted by Crippen LogP contribution is -2.19. The predicted molar refractivity (Wildman–Crippen MR) is 62.6 cm³/mol. The van der Waals surface area contributed by atoms with Crippen LogP contribution < -0.4 is 10.1 Å². The van der Waals surface area contributed by atoms with Crippen LogP contribution in [0.25, 0.3) is 0 Å². The molecule has 1 aromatic carbocycles. The number of hydrogen-bond donors (Lipinski definition) is 1. The Hall–Kier alpha value is -0.730. The van der Waals surface area contributed by atoms with Crippen molar-refractivity contribution in [2.45, 2.75) is 25.3 Å². The summed E-state index contributed by atoms with van der Waals surface area (Å²) < 4.78 is 5.57. The Morgan fingerprint density at radius 2 is 2.13 bits per heavy atom. The smallest absolute Gasteiger partial charge is 0.137 e. The largest absolute Gasteiger partial charge is 0.492 e. The Kier molecular flexibility index (Phi) is 3.87. The Bertz CT molecular complexity index is 312. The summed E-state index contributed by atoms with van der Waals surface area (Å²) in [4.78, 5) is 0. The van der Waals surface area contributed by atoms with E-state index in [9.17, 15) is 0 Å². The summed E-state index contributed by atoms with van der Waals surface area (Å²) in [6.07, 6.45) is 3.71. The minimum absolute atomic E-state index is 0.688. The molecule has 1 aliphatic carbocycles. The highest BCUT2D eigenvalue weighted by molar-refractivity contribution is 6.32. The third-order valence-corrected chi connectivity index (χ3v) is 2.74. The van der Waals surface area contributed by atoms with Gasteiger partial charge in [0.05, 0.1) is 11.6 Å². The molecule has 1 saturated carbocycles. The summed E-state index contributed by atoms with van der Waals surface area (Å²) in [6.45, 7) is 1.76. The lowest BCUT2D eigenvalue weighted by atomic mass is 10.3. The van der Waals surface area contributed by atoms with E-state index in [1.54, 1.807) is 0 Å². The van der Waals surface area contributed by atoms with Crippen LogP contribution in [0, 0.1) is 0 Å². The van der Waals surface area contributed by atoms with Crippen molar-refractivity contribution in [1.29, 1.82) is 0 Å². The maximum atomic E-state index is 5.96. The fourth-order valence-corrected chi connectivity index (χ4v) is 1.60. The van der Waals surface area contributed by atoms with Crippen molar-refractivity contribution in [3.8, 4) is 5.75 Å². The van der Waals surface area contributed by atoms with E-state index in [1.165, 1.54) is 12.8 Å². The number of benzene rings is 1. The van der Waals surface area contributed by atoms with E-state index in [1.807, 2.05) is 24.3 Å². The van der Waals surface area contributed by atoms with Gasteiger partial charge in [-0.25, -0.2) is 0 Å². The van der Waals surface area contributed by atoms with Gasteiger partial charge in [-0.2, -0.15) is 0 Å². The second-order valence-electron chi connectivity index (χ2n) is 3.86. The zero-order chi connectivity index (χ0) is 10.5. The van der Waals surface area contributed by atoms with Crippen molar-refractivity contribution in [2.24, 2.45) is 0 Å². The maximum Gasteiger partial charge on any atom is 0.137 e. The van der Waals surface area contributed by atoms with Gasteiger partial charge in [-0.15, -0.1) is 0 Å². The molecule has 0 saturated heterocycles. The summed E-state index contributed by atoms with van der Waals surface area (Å²) in [5.74, 6) is 0.783. The van der Waals surface area contributed by atoms with Crippen LogP contribution in [0.15, 0.2) is 24.3 Å². The number of para-hydroxylation sites is 1. The molecule has 0 aliphatic heterocycles. The van der Waals surface area contributed by atoms with Crippen LogP contribution in [-0.4, -0.2) is 19.2 Å². The normalized spacial score (nSPS) is 15.3. The molecule has 1 N–H and O–H groups in total. The van der Waals surface area contributed by atoms with E-state index in [-0.39, 0.29) is 0 Å². The van der Waals surface area contributed by atoms with Crippen molar-refractivity contribution >= 4 is 11.6 Å². The van der Waals surface area contributed by atoms with E-state index < -0.39 is 0 Å². The van der Waals surface area contributed by atoms with Gasteiger partial charge in [-0.05, 0) is 37.9 Å². The number of rotatable bonds is 6. The zero-order valence-corrected chi connectivity index (χ0v) is 9.46. The van der Waals surface area contributed by atoms with Crippen LogP contribution in [0.1, 0.15) is 19.3 Å². The van der Waals surface area contributed by atoms with E-state index in [0.29, 0.717) is 5.02 Å². The second kappa shape index (κ2) is 5.38. The topological polar surface area (TPSA) is 21.3 Å². The molecule has 15 heavy (non-hydrogen) atoms. The molecule has 1 aromatic rings. The molecular weight excluding hydrogens is 210 g/mol. The minimum Gasteiger partial charge on any atom is -0.492 e. The van der Waals surface area contributed by atoms with Gasteiger partial charge in [0.2, 0.25) is 0 Å². The average molecular weight is 226 g/mol. The Morgan fingerprint density at radius 1 is 1.33 bits per heavy atom. The van der Waals surface area contributed by atoms with Crippen LogP contribution in [0.3, 0.4) is 0 Å². The maximum absolute atomic E-state index is 5.96. The summed E-state index contributed by atoms with van der Waals surface area (Å²) in [6, 6.07) is 8.37. The molecule has 0 heterocycles. The Balaban J connectivity index is 1.62. The van der Waals surface area contributed by atoms with Gasteiger partial charge >= 0.3 is 0 Å². The second-order valence-corrected chi connectivity index (χ2v) is 4.27. The first-order valence-corrected chi connectivity index (χ1v) is 5.85. The van der Waals surface area contributed by atoms with E-state index >= 15 is 0 Å². The van der Waals surface area contributed by atoms with E-state index in [2.05, 4.69) is 5.32 Å². The van der Waals surface area contributed by atoms with Gasteiger partial charge in [0.1, 0.15) is 5.75 Å². The van der Waals surface area contributed by atoms with E-state index in [0.717, 1.165) is 31.4 Å². The SMILES string of the molecule is Clc1ccccc1OCCCNC1CC1. The van der Waals surface area contributed by atoms with Crippen molar-refractivity contribution in [3.63, 3.8) is 0 Å². The van der Waals surface area contributed by atoms with Gasteiger partial charge < -0.3 is 10.1 Å². The highest BCUT2D eigenvalue weighted by Crippen LogP contribution is 2.23. The van der Waals surface area contributed by atoms with Gasteiger partial charge in [0, 0.05) is 6.04 Å². The lowest BCUT2D eigenvalue weighted by molar-refractivity contribution is 0.308. The number of nitrogens with one attached hydrogen (secondary N) is 1. The first kappa shape index (κ1) is 10.8. The first-order valence-electron chi connectivity index (χ1n) is 5.47. The summed E-state index contributed by atoms with van der Waals surface area (Å²) in [7, 11) is 0. The molecule has 0 aromatic heterocycles. The van der Waals surface area contributed by atoms with Gasteiger partial charge in [0.15, 0.2) is 0 Å². The molecule has 0 atom stereocenters.